The maximum Gasteiger partial charge on any atom is 0.321 e. The van der Waals surface area contributed by atoms with E-state index in [1.165, 1.54) is 0 Å². The van der Waals surface area contributed by atoms with Crippen molar-refractivity contribution in [1.29, 1.82) is 0 Å². The summed E-state index contributed by atoms with van der Waals surface area (Å²) >= 11 is 1.73. The number of aliphatic hydroxyl groups excluding tert-OH is 1. The molecule has 2 N–H and O–H groups in total. The number of β-amino-alcohol motifs (C(OH)–C–C–N with tert-alkyl or cyclic N) is 1. The minimum absolute atomic E-state index is 0.182. The first-order valence-corrected chi connectivity index (χ1v) is 12.5. The van der Waals surface area contributed by atoms with Crippen LogP contribution in [0.4, 0.5) is 16.3 Å². The number of aliphatic hydroxyl groups is 1. The van der Waals surface area contributed by atoms with Crippen LogP contribution >= 0.6 is 11.8 Å². The molecular weight excluding hydrogens is 426 g/mol. The largest absolute Gasteiger partial charge is 0.391 e. The van der Waals surface area contributed by atoms with Gasteiger partial charge in [-0.2, -0.15) is 11.8 Å². The fourth-order valence-electron chi connectivity index (χ4n) is 4.09. The third-order valence-electron chi connectivity index (χ3n) is 5.80. The first-order valence-electron chi connectivity index (χ1n) is 11.1. The van der Waals surface area contributed by atoms with E-state index in [1.807, 2.05) is 24.3 Å². The van der Waals surface area contributed by atoms with Crippen molar-refractivity contribution in [2.45, 2.75) is 37.7 Å². The summed E-state index contributed by atoms with van der Waals surface area (Å²) in [7, 11) is 0. The van der Waals surface area contributed by atoms with Crippen LogP contribution in [0.25, 0.3) is 11.4 Å². The lowest BCUT2D eigenvalue weighted by Gasteiger charge is -2.34. The third-order valence-corrected chi connectivity index (χ3v) is 6.38. The molecule has 172 valence electrons. The first kappa shape index (κ1) is 22.8. The quantitative estimate of drug-likeness (QED) is 0.712. The second-order valence-electron chi connectivity index (χ2n) is 8.34. The van der Waals surface area contributed by atoms with Gasteiger partial charge in [-0.1, -0.05) is 0 Å². The molecule has 4 rings (SSSR count). The van der Waals surface area contributed by atoms with Crippen molar-refractivity contribution in [2.75, 3.05) is 49.3 Å². The van der Waals surface area contributed by atoms with Gasteiger partial charge >= 0.3 is 6.03 Å². The number of ether oxygens (including phenoxy) is 1. The number of nitrogens with zero attached hydrogens (tertiary/aromatic N) is 4. The summed E-state index contributed by atoms with van der Waals surface area (Å²) in [6.45, 7) is 5.40. The highest BCUT2D eigenvalue weighted by Crippen LogP contribution is 2.25. The number of carbonyl (C=O) groups excluding carboxylic acids is 1. The Morgan fingerprint density at radius 2 is 2.09 bits per heavy atom. The smallest absolute Gasteiger partial charge is 0.321 e. The standard InChI is InChI=1S/C23H31N5O3S/c1-16-14-31-11-10-28(16)21-12-19(15-32-2)24-22(26-21)17-5-7-18(8-6-17)25-23(30)27-9-3-4-20(29)13-27/h5-8,12,16,20,29H,3-4,9-11,13-15H2,1-2H3,(H,25,30)/t16-,20?/m0/s1. The lowest BCUT2D eigenvalue weighted by Crippen LogP contribution is -2.44. The summed E-state index contributed by atoms with van der Waals surface area (Å²) in [4.78, 5) is 26.1. The number of amides is 2. The number of likely N-dealkylation sites (tertiary alicyclic amines) is 1. The average molecular weight is 458 g/mol. The van der Waals surface area contributed by atoms with Crippen LogP contribution in [0.2, 0.25) is 0 Å². The van der Waals surface area contributed by atoms with Crippen molar-refractivity contribution in [3.05, 3.63) is 36.0 Å². The summed E-state index contributed by atoms with van der Waals surface area (Å²) in [6, 6.07) is 9.77. The Hall–Kier alpha value is -2.36. The second-order valence-corrected chi connectivity index (χ2v) is 9.21. The van der Waals surface area contributed by atoms with Crippen LogP contribution in [-0.4, -0.2) is 77.3 Å². The van der Waals surface area contributed by atoms with Crippen molar-refractivity contribution < 1.29 is 14.6 Å². The lowest BCUT2D eigenvalue weighted by molar-refractivity contribution is 0.0883. The van der Waals surface area contributed by atoms with E-state index in [2.05, 4.69) is 29.5 Å². The van der Waals surface area contributed by atoms with E-state index < -0.39 is 6.10 Å². The number of nitrogens with one attached hydrogen (secondary N) is 1. The molecule has 2 aliphatic heterocycles. The number of thioether (sulfide) groups is 1. The predicted molar refractivity (Wildman–Crippen MR) is 128 cm³/mol. The molecule has 8 nitrogen and oxygen atoms in total. The van der Waals surface area contributed by atoms with Crippen LogP contribution < -0.4 is 10.2 Å². The number of morpholine rings is 1. The van der Waals surface area contributed by atoms with Crippen LogP contribution in [0.5, 0.6) is 0 Å². The van der Waals surface area contributed by atoms with Crippen LogP contribution in [0.15, 0.2) is 30.3 Å². The van der Waals surface area contributed by atoms with Gasteiger partial charge in [-0.3, -0.25) is 0 Å². The summed E-state index contributed by atoms with van der Waals surface area (Å²) in [5, 5.41) is 12.7. The molecule has 0 saturated carbocycles. The fourth-order valence-corrected chi connectivity index (χ4v) is 4.54. The Morgan fingerprint density at radius 3 is 2.81 bits per heavy atom. The predicted octanol–water partition coefficient (Wildman–Crippen LogP) is 3.22. The molecule has 0 spiro atoms. The average Bonchev–Trinajstić information content (AvgIpc) is 2.80. The highest BCUT2D eigenvalue weighted by molar-refractivity contribution is 7.97. The van der Waals surface area contributed by atoms with E-state index in [9.17, 15) is 9.90 Å². The van der Waals surface area contributed by atoms with Crippen LogP contribution in [0.3, 0.4) is 0 Å². The fraction of sp³-hybridized carbons (Fsp3) is 0.522. The van der Waals surface area contributed by atoms with Gasteiger partial charge < -0.3 is 25.0 Å². The number of urea groups is 1. The molecule has 9 heteroatoms. The normalized spacial score (nSPS) is 21.5. The molecule has 1 aromatic heterocycles. The molecule has 1 unspecified atom stereocenters. The van der Waals surface area contributed by atoms with Gasteiger partial charge in [0.25, 0.3) is 0 Å². The van der Waals surface area contributed by atoms with Gasteiger partial charge in [0.15, 0.2) is 5.82 Å². The number of anilines is 2. The minimum Gasteiger partial charge on any atom is -0.391 e. The number of aromatic nitrogens is 2. The molecule has 2 fully saturated rings. The first-order chi connectivity index (χ1) is 15.5. The van der Waals surface area contributed by atoms with Crippen LogP contribution in [0, 0.1) is 0 Å². The monoisotopic (exact) mass is 457 g/mol. The maximum atomic E-state index is 12.5. The van der Waals surface area contributed by atoms with Gasteiger partial charge in [-0.05, 0) is 50.3 Å². The molecule has 2 aliphatic rings. The molecule has 2 amide bonds. The number of rotatable bonds is 5. The molecule has 1 aromatic carbocycles. The highest BCUT2D eigenvalue weighted by Gasteiger charge is 2.23. The van der Waals surface area contributed by atoms with Crippen molar-refractivity contribution in [3.63, 3.8) is 0 Å². The molecular formula is C23H31N5O3S. The number of benzene rings is 1. The molecule has 3 heterocycles. The summed E-state index contributed by atoms with van der Waals surface area (Å²) in [6.07, 6.45) is 3.20. The zero-order chi connectivity index (χ0) is 22.5. The van der Waals surface area contributed by atoms with E-state index in [4.69, 9.17) is 14.7 Å². The lowest BCUT2D eigenvalue weighted by atomic mass is 10.1. The van der Waals surface area contributed by atoms with E-state index in [0.29, 0.717) is 37.8 Å². The van der Waals surface area contributed by atoms with Gasteiger partial charge in [0.2, 0.25) is 0 Å². The van der Waals surface area contributed by atoms with Crippen molar-refractivity contribution in [3.8, 4) is 11.4 Å². The Morgan fingerprint density at radius 1 is 1.28 bits per heavy atom. The van der Waals surface area contributed by atoms with Crippen molar-refractivity contribution in [2.24, 2.45) is 0 Å². The molecule has 0 bridgehead atoms. The number of hydrogen-bond acceptors (Lipinski definition) is 7. The minimum atomic E-state index is -0.439. The van der Waals surface area contributed by atoms with E-state index in [-0.39, 0.29) is 12.1 Å². The van der Waals surface area contributed by atoms with Crippen molar-refractivity contribution in [1.82, 2.24) is 14.9 Å². The maximum absolute atomic E-state index is 12.5. The van der Waals surface area contributed by atoms with Gasteiger partial charge in [0.1, 0.15) is 5.82 Å². The van der Waals surface area contributed by atoms with Gasteiger partial charge in [-0.25, -0.2) is 14.8 Å². The SMILES string of the molecule is CSCc1cc(N2CCOC[C@@H]2C)nc(-c2ccc(NC(=O)N3CCCC(O)C3)cc2)n1. The zero-order valence-electron chi connectivity index (χ0n) is 18.7. The Balaban J connectivity index is 1.52. The molecule has 2 atom stereocenters. The molecule has 2 saturated heterocycles. The zero-order valence-corrected chi connectivity index (χ0v) is 19.5. The molecule has 0 radical (unpaired) electrons. The van der Waals surface area contributed by atoms with Gasteiger partial charge in [0, 0.05) is 42.7 Å². The Bertz CT molecular complexity index is 926. The number of hydrogen-bond donors (Lipinski definition) is 2. The van der Waals surface area contributed by atoms with E-state index in [1.54, 1.807) is 16.7 Å². The third kappa shape index (κ3) is 5.51. The molecule has 2 aromatic rings. The second kappa shape index (κ2) is 10.5. The summed E-state index contributed by atoms with van der Waals surface area (Å²) in [5.74, 6) is 2.43. The highest BCUT2D eigenvalue weighted by atomic mass is 32.2. The van der Waals surface area contributed by atoms with E-state index >= 15 is 0 Å². The Kier molecular flexibility index (Phi) is 7.49. The van der Waals surface area contributed by atoms with Crippen molar-refractivity contribution >= 4 is 29.3 Å². The van der Waals surface area contributed by atoms with Gasteiger partial charge in [0.05, 0.1) is 31.1 Å². The van der Waals surface area contributed by atoms with Crippen LogP contribution in [-0.2, 0) is 10.5 Å². The van der Waals surface area contributed by atoms with E-state index in [0.717, 1.165) is 42.2 Å². The number of carbonyl (C=O) groups is 1. The van der Waals surface area contributed by atoms with Gasteiger partial charge in [-0.15, -0.1) is 0 Å². The molecule has 32 heavy (non-hydrogen) atoms. The topological polar surface area (TPSA) is 90.8 Å². The summed E-state index contributed by atoms with van der Waals surface area (Å²) < 4.78 is 5.58. The van der Waals surface area contributed by atoms with Crippen LogP contribution in [0.1, 0.15) is 25.5 Å². The Labute approximate surface area is 193 Å². The summed E-state index contributed by atoms with van der Waals surface area (Å²) in [5.41, 5.74) is 2.61. The number of piperidine rings is 1. The molecule has 0 aliphatic carbocycles.